The zero-order chi connectivity index (χ0) is 30.3. The molecule has 8 heteroatoms. The Hall–Kier alpha value is -1.87. The molecular weight excluding hydrogens is 512 g/mol. The Morgan fingerprint density at radius 2 is 1.73 bits per heavy atom. The van der Waals surface area contributed by atoms with E-state index in [2.05, 4.69) is 6.08 Å². The molecule has 8 nitrogen and oxygen atoms in total. The third kappa shape index (κ3) is 4.19. The van der Waals surface area contributed by atoms with E-state index >= 15 is 0 Å². The molecule has 224 valence electrons. The molecule has 0 amide bonds. The molecule has 0 spiro atoms. The van der Waals surface area contributed by atoms with Gasteiger partial charge in [0.15, 0.2) is 5.78 Å². The third-order valence-corrected chi connectivity index (χ3v) is 11.7. The number of allylic oxidation sites excluding steroid dienone is 1. The number of aliphatic hydroxyl groups excluding tert-OH is 3. The fraction of sp³-hybridized carbons (Fsp3) is 0.781. The van der Waals surface area contributed by atoms with E-state index in [1.165, 1.54) is 26.0 Å². The van der Waals surface area contributed by atoms with E-state index in [0.717, 1.165) is 5.57 Å². The summed E-state index contributed by atoms with van der Waals surface area (Å²) in [5.41, 5.74) is -5.21. The van der Waals surface area contributed by atoms with Crippen LogP contribution in [0.3, 0.4) is 0 Å². The van der Waals surface area contributed by atoms with Crippen LogP contribution in [0.2, 0.25) is 0 Å². The van der Waals surface area contributed by atoms with E-state index in [-0.39, 0.29) is 37.1 Å². The predicted octanol–water partition coefficient (Wildman–Crippen LogP) is 3.29. The lowest BCUT2D eigenvalue weighted by molar-refractivity contribution is -0.191. The Kier molecular flexibility index (Phi) is 7.44. The summed E-state index contributed by atoms with van der Waals surface area (Å²) in [5.74, 6) is -2.70. The third-order valence-electron chi connectivity index (χ3n) is 11.7. The van der Waals surface area contributed by atoms with Gasteiger partial charge < -0.3 is 25.2 Å². The van der Waals surface area contributed by atoms with Crippen LogP contribution in [0.1, 0.15) is 87.5 Å². The maximum Gasteiger partial charge on any atom is 0.303 e. The first kappa shape index (κ1) is 31.1. The van der Waals surface area contributed by atoms with Gasteiger partial charge in [0.1, 0.15) is 17.0 Å². The number of carbonyl (C=O) groups excluding carboxylic acids is 3. The smallest absolute Gasteiger partial charge is 0.303 e. The number of esters is 1. The van der Waals surface area contributed by atoms with E-state index in [9.17, 15) is 34.8 Å². The van der Waals surface area contributed by atoms with Crippen molar-refractivity contribution in [2.24, 2.45) is 39.4 Å². The number of ketones is 2. The maximum absolute atomic E-state index is 14.4. The van der Waals surface area contributed by atoms with Gasteiger partial charge in [-0.25, -0.2) is 0 Å². The molecular formula is C32H48O8. The highest BCUT2D eigenvalue weighted by Gasteiger charge is 2.75. The standard InChI is InChI=1S/C32H48O8/c1-18(34)40-27(2,3)14-13-24(37)31(8,39)26-21(35)15-29(6)22-11-9-19-20(10-12-23(36)28(19,4)5)32(22,17-33)25(38)16-30(26,29)7/h9,13-14,20-23,26,33,35-36,39H,10-12,15-17H2,1-8H3/b14-13+/t20-,21-,22-,23-,26-,29+,30-,31+,32+/m1/s1. The van der Waals surface area contributed by atoms with Crippen molar-refractivity contribution in [1.29, 1.82) is 0 Å². The van der Waals surface area contributed by atoms with Crippen molar-refractivity contribution < 1.29 is 39.5 Å². The molecule has 0 heterocycles. The van der Waals surface area contributed by atoms with Gasteiger partial charge in [0.2, 0.25) is 0 Å². The van der Waals surface area contributed by atoms with E-state index in [1.54, 1.807) is 13.8 Å². The molecule has 9 atom stereocenters. The molecule has 3 saturated carbocycles. The topological polar surface area (TPSA) is 141 Å². The highest BCUT2D eigenvalue weighted by Crippen LogP contribution is 2.74. The van der Waals surface area contributed by atoms with E-state index < -0.39 is 62.7 Å². The van der Waals surface area contributed by atoms with Crippen molar-refractivity contribution in [3.05, 3.63) is 23.8 Å². The van der Waals surface area contributed by atoms with E-state index in [0.29, 0.717) is 19.3 Å². The number of hydrogen-bond donors (Lipinski definition) is 4. The second-order valence-electron chi connectivity index (χ2n) is 14.7. The molecule has 40 heavy (non-hydrogen) atoms. The summed E-state index contributed by atoms with van der Waals surface area (Å²) in [5, 5.41) is 45.1. The van der Waals surface area contributed by atoms with Gasteiger partial charge in [-0.05, 0) is 81.3 Å². The Morgan fingerprint density at radius 1 is 1.10 bits per heavy atom. The fourth-order valence-electron chi connectivity index (χ4n) is 9.56. The van der Waals surface area contributed by atoms with E-state index in [4.69, 9.17) is 4.74 Å². The van der Waals surface area contributed by atoms with Gasteiger partial charge >= 0.3 is 5.97 Å². The minimum absolute atomic E-state index is 0.0150. The van der Waals surface area contributed by atoms with Gasteiger partial charge in [-0.2, -0.15) is 0 Å². The van der Waals surface area contributed by atoms with Gasteiger partial charge in [0.25, 0.3) is 0 Å². The molecule has 3 fully saturated rings. The molecule has 0 radical (unpaired) electrons. The molecule has 0 aromatic rings. The molecule has 4 aliphatic carbocycles. The summed E-state index contributed by atoms with van der Waals surface area (Å²) in [7, 11) is 0. The van der Waals surface area contributed by atoms with Crippen LogP contribution in [0, 0.1) is 39.4 Å². The van der Waals surface area contributed by atoms with Crippen molar-refractivity contribution >= 4 is 17.5 Å². The highest BCUT2D eigenvalue weighted by molar-refractivity contribution is 5.97. The van der Waals surface area contributed by atoms with Gasteiger partial charge in [0.05, 0.1) is 24.2 Å². The zero-order valence-electron chi connectivity index (χ0n) is 25.3. The van der Waals surface area contributed by atoms with Crippen LogP contribution in [0.15, 0.2) is 23.8 Å². The summed E-state index contributed by atoms with van der Waals surface area (Å²) < 4.78 is 5.23. The predicted molar refractivity (Wildman–Crippen MR) is 149 cm³/mol. The molecule has 0 aromatic carbocycles. The van der Waals surface area contributed by atoms with Crippen LogP contribution in [-0.2, 0) is 19.1 Å². The summed E-state index contributed by atoms with van der Waals surface area (Å²) in [6, 6.07) is 0. The molecule has 4 N–H and O–H groups in total. The van der Waals surface area contributed by atoms with Crippen molar-refractivity contribution in [1.82, 2.24) is 0 Å². The van der Waals surface area contributed by atoms with Crippen LogP contribution in [0.5, 0.6) is 0 Å². The second kappa shape index (κ2) is 9.58. The van der Waals surface area contributed by atoms with Crippen molar-refractivity contribution in [3.63, 3.8) is 0 Å². The molecule has 4 rings (SSSR count). The van der Waals surface area contributed by atoms with Gasteiger partial charge in [-0.1, -0.05) is 39.3 Å². The quantitative estimate of drug-likeness (QED) is 0.220. The Morgan fingerprint density at radius 3 is 2.30 bits per heavy atom. The van der Waals surface area contributed by atoms with Crippen molar-refractivity contribution in [2.45, 2.75) is 111 Å². The van der Waals surface area contributed by atoms with Crippen LogP contribution in [0.25, 0.3) is 0 Å². The minimum Gasteiger partial charge on any atom is -0.456 e. The fourth-order valence-corrected chi connectivity index (χ4v) is 9.56. The Balaban J connectivity index is 1.76. The lowest BCUT2D eigenvalue weighted by atomic mass is 9.38. The zero-order valence-corrected chi connectivity index (χ0v) is 25.3. The van der Waals surface area contributed by atoms with Crippen LogP contribution >= 0.6 is 0 Å². The average Bonchev–Trinajstić information content (AvgIpc) is 3.03. The van der Waals surface area contributed by atoms with Gasteiger partial charge in [-0.15, -0.1) is 0 Å². The highest BCUT2D eigenvalue weighted by atomic mass is 16.6. The molecule has 4 aliphatic rings. The second-order valence-corrected chi connectivity index (χ2v) is 14.7. The maximum atomic E-state index is 14.4. The normalized spacial score (nSPS) is 42.4. The largest absolute Gasteiger partial charge is 0.456 e. The minimum atomic E-state index is -2.00. The van der Waals surface area contributed by atoms with Crippen molar-refractivity contribution in [2.75, 3.05) is 6.61 Å². The summed E-state index contributed by atoms with van der Waals surface area (Å²) >= 11 is 0. The first-order valence-electron chi connectivity index (χ1n) is 14.6. The monoisotopic (exact) mass is 560 g/mol. The number of aliphatic hydroxyl groups is 4. The number of Topliss-reactive ketones (excluding diaryl/α,β-unsaturated/α-hetero) is 1. The molecule has 0 saturated heterocycles. The van der Waals surface area contributed by atoms with E-state index in [1.807, 2.05) is 27.7 Å². The van der Waals surface area contributed by atoms with Gasteiger partial charge in [0, 0.05) is 24.7 Å². The number of rotatable bonds is 6. The number of fused-ring (bicyclic) bond motifs is 5. The first-order chi connectivity index (χ1) is 18.2. The van der Waals surface area contributed by atoms with Crippen LogP contribution < -0.4 is 0 Å². The van der Waals surface area contributed by atoms with Gasteiger partial charge in [-0.3, -0.25) is 14.4 Å². The first-order valence-corrected chi connectivity index (χ1v) is 14.6. The number of ether oxygens (including phenoxy) is 1. The summed E-state index contributed by atoms with van der Waals surface area (Å²) in [6.45, 7) is 13.5. The van der Waals surface area contributed by atoms with Crippen LogP contribution in [0.4, 0.5) is 0 Å². The van der Waals surface area contributed by atoms with Crippen molar-refractivity contribution in [3.8, 4) is 0 Å². The summed E-state index contributed by atoms with van der Waals surface area (Å²) in [6.07, 6.45) is 5.10. The number of carbonyl (C=O) groups is 3. The van der Waals surface area contributed by atoms with Crippen LogP contribution in [-0.4, -0.2) is 68.0 Å². The molecule has 0 bridgehead atoms. The lowest BCUT2D eigenvalue weighted by Crippen LogP contribution is -2.66. The molecule has 0 unspecified atom stereocenters. The molecule has 0 aromatic heterocycles. The average molecular weight is 561 g/mol. The lowest BCUT2D eigenvalue weighted by Gasteiger charge is -2.65. The summed E-state index contributed by atoms with van der Waals surface area (Å²) in [4.78, 5) is 39.3. The Bertz CT molecular complexity index is 1150. The SMILES string of the molecule is CC(=O)OC(C)(C)/C=C/C(=O)[C@](C)(O)[C@@H]1[C@H](O)C[C@@]2(C)[C@H]3CC=C4[C@@H](CC[C@@H](O)C4(C)C)[C@]3(CO)C(=O)C[C@]12C. The number of hydrogen-bond acceptors (Lipinski definition) is 8. The Labute approximate surface area is 237 Å². The molecule has 0 aliphatic heterocycles.